The van der Waals surface area contributed by atoms with Gasteiger partial charge in [-0.2, -0.15) is 4.31 Å². The first-order valence-corrected chi connectivity index (χ1v) is 11.3. The van der Waals surface area contributed by atoms with Gasteiger partial charge >= 0.3 is 11.8 Å². The van der Waals surface area contributed by atoms with E-state index in [9.17, 15) is 18.0 Å². The minimum Gasteiger partial charge on any atom is -0.493 e. The van der Waals surface area contributed by atoms with Gasteiger partial charge in [-0.15, -0.1) is 0 Å². The third kappa shape index (κ3) is 5.36. The lowest BCUT2D eigenvalue weighted by molar-refractivity contribution is -0.139. The first-order chi connectivity index (χ1) is 15.4. The SMILES string of the molecule is COc1ccc(S(=O)(=O)N2CCO[C@@H]2CNC(=O)C(=O)NCc2ccccc2)cc1OC. The molecular formula is C21H25N3O7S. The molecule has 1 saturated heterocycles. The summed E-state index contributed by atoms with van der Waals surface area (Å²) >= 11 is 0. The molecule has 32 heavy (non-hydrogen) atoms. The smallest absolute Gasteiger partial charge is 0.309 e. The van der Waals surface area contributed by atoms with Crippen molar-refractivity contribution in [3.63, 3.8) is 0 Å². The molecule has 1 atom stereocenters. The monoisotopic (exact) mass is 463 g/mol. The zero-order chi connectivity index (χ0) is 23.1. The van der Waals surface area contributed by atoms with Crippen LogP contribution in [0.25, 0.3) is 0 Å². The number of hydrogen-bond acceptors (Lipinski definition) is 7. The van der Waals surface area contributed by atoms with Crippen LogP contribution in [0.3, 0.4) is 0 Å². The van der Waals surface area contributed by atoms with E-state index in [0.717, 1.165) is 9.87 Å². The molecule has 11 heteroatoms. The van der Waals surface area contributed by atoms with E-state index in [1.807, 2.05) is 30.3 Å². The Labute approximate surface area is 186 Å². The average molecular weight is 464 g/mol. The fourth-order valence-electron chi connectivity index (χ4n) is 3.17. The van der Waals surface area contributed by atoms with Crippen molar-refractivity contribution < 1.29 is 32.2 Å². The van der Waals surface area contributed by atoms with Crippen LogP contribution < -0.4 is 20.1 Å². The number of nitrogens with one attached hydrogen (secondary N) is 2. The van der Waals surface area contributed by atoms with Crippen LogP contribution in [0, 0.1) is 0 Å². The highest BCUT2D eigenvalue weighted by Gasteiger charge is 2.37. The van der Waals surface area contributed by atoms with Crippen molar-refractivity contribution in [3.05, 3.63) is 54.1 Å². The predicted molar refractivity (Wildman–Crippen MR) is 114 cm³/mol. The van der Waals surface area contributed by atoms with E-state index in [1.165, 1.54) is 32.4 Å². The number of carbonyl (C=O) groups is 2. The molecule has 0 aliphatic carbocycles. The van der Waals surface area contributed by atoms with Gasteiger partial charge in [0.2, 0.25) is 10.0 Å². The van der Waals surface area contributed by atoms with Gasteiger partial charge in [0.25, 0.3) is 0 Å². The molecule has 0 bridgehead atoms. The van der Waals surface area contributed by atoms with Crippen LogP contribution in [-0.4, -0.2) is 64.7 Å². The second kappa shape index (κ2) is 10.4. The van der Waals surface area contributed by atoms with Gasteiger partial charge in [0, 0.05) is 19.2 Å². The summed E-state index contributed by atoms with van der Waals surface area (Å²) in [7, 11) is -1.07. The summed E-state index contributed by atoms with van der Waals surface area (Å²) in [4.78, 5) is 24.2. The Morgan fingerprint density at radius 2 is 1.72 bits per heavy atom. The van der Waals surface area contributed by atoms with Crippen molar-refractivity contribution in [1.82, 2.24) is 14.9 Å². The van der Waals surface area contributed by atoms with Gasteiger partial charge in [-0.05, 0) is 17.7 Å². The summed E-state index contributed by atoms with van der Waals surface area (Å²) in [5.74, 6) is -1.02. The Morgan fingerprint density at radius 1 is 1.03 bits per heavy atom. The van der Waals surface area contributed by atoms with Crippen LogP contribution in [0.1, 0.15) is 5.56 Å². The fraction of sp³-hybridized carbons (Fsp3) is 0.333. The highest BCUT2D eigenvalue weighted by Crippen LogP contribution is 2.31. The van der Waals surface area contributed by atoms with Crippen LogP contribution in [0.4, 0.5) is 0 Å². The predicted octanol–water partition coefficient (Wildman–Crippen LogP) is 0.483. The summed E-state index contributed by atoms with van der Waals surface area (Å²) in [6.45, 7) is 0.293. The van der Waals surface area contributed by atoms with Crippen molar-refractivity contribution in [2.45, 2.75) is 17.7 Å². The molecule has 1 heterocycles. The van der Waals surface area contributed by atoms with Gasteiger partial charge in [-0.25, -0.2) is 8.42 Å². The first kappa shape index (κ1) is 23.5. The first-order valence-electron chi connectivity index (χ1n) is 9.82. The zero-order valence-electron chi connectivity index (χ0n) is 17.7. The number of hydrogen-bond donors (Lipinski definition) is 2. The number of methoxy groups -OCH3 is 2. The number of benzene rings is 2. The number of sulfonamides is 1. The Hall–Kier alpha value is -3.15. The van der Waals surface area contributed by atoms with Crippen molar-refractivity contribution >= 4 is 21.8 Å². The molecule has 0 aromatic heterocycles. The maximum absolute atomic E-state index is 13.1. The normalized spacial score (nSPS) is 16.4. The van der Waals surface area contributed by atoms with Gasteiger partial charge in [-0.3, -0.25) is 9.59 Å². The van der Waals surface area contributed by atoms with Gasteiger partial charge < -0.3 is 24.8 Å². The highest BCUT2D eigenvalue weighted by atomic mass is 32.2. The number of rotatable bonds is 8. The molecule has 2 aromatic carbocycles. The van der Waals surface area contributed by atoms with Crippen molar-refractivity contribution in [2.24, 2.45) is 0 Å². The summed E-state index contributed by atoms with van der Waals surface area (Å²) in [5, 5.41) is 4.94. The second-order valence-corrected chi connectivity index (χ2v) is 8.73. The van der Waals surface area contributed by atoms with Crippen LogP contribution in [0.5, 0.6) is 11.5 Å². The van der Waals surface area contributed by atoms with E-state index in [0.29, 0.717) is 5.75 Å². The molecular weight excluding hydrogens is 438 g/mol. The van der Waals surface area contributed by atoms with Gasteiger partial charge in [0.1, 0.15) is 6.23 Å². The molecule has 0 spiro atoms. The maximum atomic E-state index is 13.1. The van der Waals surface area contributed by atoms with Crippen LogP contribution in [0.15, 0.2) is 53.4 Å². The van der Waals surface area contributed by atoms with Crippen LogP contribution >= 0.6 is 0 Å². The number of ether oxygens (including phenoxy) is 3. The quantitative estimate of drug-likeness (QED) is 0.546. The Morgan fingerprint density at radius 3 is 2.41 bits per heavy atom. The topological polar surface area (TPSA) is 123 Å². The second-order valence-electron chi connectivity index (χ2n) is 6.84. The lowest BCUT2D eigenvalue weighted by Crippen LogP contribution is -2.47. The minimum atomic E-state index is -3.94. The third-order valence-electron chi connectivity index (χ3n) is 4.84. The fourth-order valence-corrected chi connectivity index (χ4v) is 4.70. The lowest BCUT2D eigenvalue weighted by Gasteiger charge is -2.23. The molecule has 1 fully saturated rings. The maximum Gasteiger partial charge on any atom is 0.309 e. The molecule has 1 aliphatic heterocycles. The largest absolute Gasteiger partial charge is 0.493 e. The molecule has 1 aliphatic rings. The van der Waals surface area contributed by atoms with Crippen LogP contribution in [0.2, 0.25) is 0 Å². The van der Waals surface area contributed by atoms with E-state index in [2.05, 4.69) is 10.6 Å². The molecule has 2 aromatic rings. The summed E-state index contributed by atoms with van der Waals surface area (Å²) in [6, 6.07) is 13.4. The number of amides is 2. The van der Waals surface area contributed by atoms with Crippen molar-refractivity contribution in [2.75, 3.05) is 33.9 Å². The number of carbonyl (C=O) groups excluding carboxylic acids is 2. The Kier molecular flexibility index (Phi) is 7.67. The molecule has 0 radical (unpaired) electrons. The highest BCUT2D eigenvalue weighted by molar-refractivity contribution is 7.89. The third-order valence-corrected chi connectivity index (χ3v) is 6.73. The summed E-state index contributed by atoms with van der Waals surface area (Å²) in [6.07, 6.45) is -0.945. The zero-order valence-corrected chi connectivity index (χ0v) is 18.6. The van der Waals surface area contributed by atoms with Gasteiger partial charge in [-0.1, -0.05) is 30.3 Å². The van der Waals surface area contributed by atoms with E-state index < -0.39 is 28.1 Å². The molecule has 0 unspecified atom stereocenters. The van der Waals surface area contributed by atoms with Crippen molar-refractivity contribution in [1.29, 1.82) is 0 Å². The summed E-state index contributed by atoms with van der Waals surface area (Å²) in [5.41, 5.74) is 0.847. The lowest BCUT2D eigenvalue weighted by atomic mass is 10.2. The van der Waals surface area contributed by atoms with E-state index >= 15 is 0 Å². The standard InChI is InChI=1S/C21H25N3O7S/c1-29-17-9-8-16(12-18(17)30-2)32(27,28)24-10-11-31-19(24)14-23-21(26)20(25)22-13-15-6-4-3-5-7-15/h3-9,12,19H,10-11,13-14H2,1-2H3,(H,22,25)(H,23,26)/t19-/m1/s1. The van der Waals surface area contributed by atoms with E-state index in [1.54, 1.807) is 0 Å². The molecule has 2 amide bonds. The van der Waals surface area contributed by atoms with Crippen molar-refractivity contribution in [3.8, 4) is 11.5 Å². The van der Waals surface area contributed by atoms with Gasteiger partial charge in [0.05, 0.1) is 32.3 Å². The van der Waals surface area contributed by atoms with E-state index in [-0.39, 0.29) is 36.9 Å². The van der Waals surface area contributed by atoms with Gasteiger partial charge in [0.15, 0.2) is 11.5 Å². The molecule has 3 rings (SSSR count). The minimum absolute atomic E-state index is 0.00224. The van der Waals surface area contributed by atoms with Crippen LogP contribution in [-0.2, 0) is 30.9 Å². The average Bonchev–Trinajstić information content (AvgIpc) is 3.30. The Bertz CT molecular complexity index is 1060. The molecule has 10 nitrogen and oxygen atoms in total. The van der Waals surface area contributed by atoms with E-state index in [4.69, 9.17) is 14.2 Å². The summed E-state index contributed by atoms with van der Waals surface area (Å²) < 4.78 is 43.2. The Balaban J connectivity index is 1.61. The molecule has 172 valence electrons. The molecule has 0 saturated carbocycles. The number of nitrogens with zero attached hydrogens (tertiary/aromatic N) is 1. The molecule has 2 N–H and O–H groups in total.